The molecule has 0 fully saturated rings. The molecule has 2 rings (SSSR count). The van der Waals surface area contributed by atoms with Crippen molar-refractivity contribution in [2.45, 2.75) is 46.0 Å². The SMILES string of the molecule is CCCCCCCOc1ccc(C(=O)Nc2ccc(C(=O)NCC)cc2)cc1. The van der Waals surface area contributed by atoms with Gasteiger partial charge in [0.15, 0.2) is 0 Å². The molecule has 2 amide bonds. The van der Waals surface area contributed by atoms with Gasteiger partial charge < -0.3 is 15.4 Å². The zero-order chi connectivity index (χ0) is 20.2. The van der Waals surface area contributed by atoms with E-state index in [0.717, 1.165) is 12.2 Å². The second kappa shape index (κ2) is 11.8. The third-order valence-electron chi connectivity index (χ3n) is 4.38. The Hall–Kier alpha value is -2.82. The van der Waals surface area contributed by atoms with Crippen LogP contribution in [0.4, 0.5) is 5.69 Å². The predicted octanol–water partition coefficient (Wildman–Crippen LogP) is 5.04. The number of hydrogen-bond donors (Lipinski definition) is 2. The van der Waals surface area contributed by atoms with Crippen LogP contribution >= 0.6 is 0 Å². The lowest BCUT2D eigenvalue weighted by molar-refractivity contribution is 0.0955. The Balaban J connectivity index is 1.81. The molecule has 0 saturated heterocycles. The number of nitrogens with one attached hydrogen (secondary N) is 2. The molecule has 0 unspecified atom stereocenters. The van der Waals surface area contributed by atoms with Gasteiger partial charge in [0, 0.05) is 23.4 Å². The fraction of sp³-hybridized carbons (Fsp3) is 0.391. The first-order valence-electron chi connectivity index (χ1n) is 10.1. The first-order chi connectivity index (χ1) is 13.6. The number of carbonyl (C=O) groups is 2. The van der Waals surface area contributed by atoms with Crippen LogP contribution in [0.1, 0.15) is 66.7 Å². The number of rotatable bonds is 11. The third-order valence-corrected chi connectivity index (χ3v) is 4.38. The summed E-state index contributed by atoms with van der Waals surface area (Å²) in [7, 11) is 0. The molecule has 0 aromatic heterocycles. The van der Waals surface area contributed by atoms with Gasteiger partial charge in [-0.25, -0.2) is 0 Å². The quantitative estimate of drug-likeness (QED) is 0.535. The molecule has 0 bridgehead atoms. The smallest absolute Gasteiger partial charge is 0.255 e. The van der Waals surface area contributed by atoms with E-state index in [2.05, 4.69) is 17.6 Å². The van der Waals surface area contributed by atoms with Gasteiger partial charge in [0.05, 0.1) is 6.61 Å². The largest absolute Gasteiger partial charge is 0.494 e. The molecule has 5 nitrogen and oxygen atoms in total. The van der Waals surface area contributed by atoms with E-state index in [4.69, 9.17) is 4.74 Å². The van der Waals surface area contributed by atoms with Crippen molar-refractivity contribution in [3.63, 3.8) is 0 Å². The van der Waals surface area contributed by atoms with Crippen LogP contribution in [0.15, 0.2) is 48.5 Å². The second-order valence-electron chi connectivity index (χ2n) is 6.68. The monoisotopic (exact) mass is 382 g/mol. The highest BCUT2D eigenvalue weighted by molar-refractivity contribution is 6.04. The molecule has 0 spiro atoms. The number of hydrogen-bond acceptors (Lipinski definition) is 3. The molecule has 0 radical (unpaired) electrons. The Morgan fingerprint density at radius 3 is 2.04 bits per heavy atom. The minimum Gasteiger partial charge on any atom is -0.494 e. The fourth-order valence-corrected chi connectivity index (χ4v) is 2.77. The molecule has 0 heterocycles. The molecule has 0 aliphatic heterocycles. The zero-order valence-electron chi connectivity index (χ0n) is 16.8. The summed E-state index contributed by atoms with van der Waals surface area (Å²) in [4.78, 5) is 24.1. The first-order valence-corrected chi connectivity index (χ1v) is 10.1. The van der Waals surface area contributed by atoms with E-state index in [9.17, 15) is 9.59 Å². The molecule has 150 valence electrons. The number of ether oxygens (including phenoxy) is 1. The number of carbonyl (C=O) groups excluding carboxylic acids is 2. The lowest BCUT2D eigenvalue weighted by Crippen LogP contribution is -2.22. The van der Waals surface area contributed by atoms with Crippen molar-refractivity contribution in [3.05, 3.63) is 59.7 Å². The summed E-state index contributed by atoms with van der Waals surface area (Å²) in [5, 5.41) is 5.58. The molecule has 28 heavy (non-hydrogen) atoms. The maximum absolute atomic E-state index is 12.4. The van der Waals surface area contributed by atoms with Gasteiger partial charge in [-0.15, -0.1) is 0 Å². The van der Waals surface area contributed by atoms with Crippen LogP contribution in [0, 0.1) is 0 Å². The topological polar surface area (TPSA) is 67.4 Å². The van der Waals surface area contributed by atoms with Gasteiger partial charge in [-0.3, -0.25) is 9.59 Å². The van der Waals surface area contributed by atoms with Crippen LogP contribution in [0.3, 0.4) is 0 Å². The first kappa shape index (κ1) is 21.5. The van der Waals surface area contributed by atoms with Crippen LogP contribution in [-0.2, 0) is 0 Å². The lowest BCUT2D eigenvalue weighted by Gasteiger charge is -2.09. The molecule has 0 aliphatic carbocycles. The highest BCUT2D eigenvalue weighted by atomic mass is 16.5. The normalized spacial score (nSPS) is 10.4. The van der Waals surface area contributed by atoms with E-state index in [1.165, 1.54) is 25.7 Å². The number of benzene rings is 2. The van der Waals surface area contributed by atoms with Crippen LogP contribution in [0.5, 0.6) is 5.75 Å². The summed E-state index contributed by atoms with van der Waals surface area (Å²) in [5.74, 6) is 0.455. The Labute approximate surface area is 167 Å². The van der Waals surface area contributed by atoms with Crippen LogP contribution in [0.2, 0.25) is 0 Å². The summed E-state index contributed by atoms with van der Waals surface area (Å²) in [6, 6.07) is 14.0. The number of anilines is 1. The van der Waals surface area contributed by atoms with Gasteiger partial charge >= 0.3 is 0 Å². The van der Waals surface area contributed by atoms with Crippen LogP contribution in [0.25, 0.3) is 0 Å². The summed E-state index contributed by atoms with van der Waals surface area (Å²) in [6.07, 6.45) is 6.01. The van der Waals surface area contributed by atoms with E-state index >= 15 is 0 Å². The van der Waals surface area contributed by atoms with Crippen molar-refractivity contribution < 1.29 is 14.3 Å². The minimum atomic E-state index is -0.197. The predicted molar refractivity (Wildman–Crippen MR) is 113 cm³/mol. The van der Waals surface area contributed by atoms with Crippen LogP contribution < -0.4 is 15.4 Å². The van der Waals surface area contributed by atoms with Crippen molar-refractivity contribution in [3.8, 4) is 5.75 Å². The molecule has 0 atom stereocenters. The maximum atomic E-state index is 12.4. The standard InChI is InChI=1S/C23H30N2O3/c1-3-5-6-7-8-17-28-21-15-11-19(12-16-21)23(27)25-20-13-9-18(10-14-20)22(26)24-4-2/h9-16H,3-8,17H2,1-2H3,(H,24,26)(H,25,27). The molecule has 0 saturated carbocycles. The summed E-state index contributed by atoms with van der Waals surface area (Å²) in [5.41, 5.74) is 1.77. The molecule has 5 heteroatoms. The molecule has 2 aromatic rings. The van der Waals surface area contributed by atoms with E-state index < -0.39 is 0 Å². The molecule has 2 N–H and O–H groups in total. The molecule has 2 aromatic carbocycles. The van der Waals surface area contributed by atoms with Gasteiger partial charge in [0.25, 0.3) is 11.8 Å². The average Bonchev–Trinajstić information content (AvgIpc) is 2.71. The van der Waals surface area contributed by atoms with Crippen molar-refractivity contribution in [2.24, 2.45) is 0 Å². The van der Waals surface area contributed by atoms with Gasteiger partial charge in [0.2, 0.25) is 0 Å². The average molecular weight is 383 g/mol. The minimum absolute atomic E-state index is 0.124. The van der Waals surface area contributed by atoms with E-state index in [0.29, 0.717) is 30.0 Å². The van der Waals surface area contributed by atoms with Gasteiger partial charge in [-0.1, -0.05) is 32.6 Å². The van der Waals surface area contributed by atoms with E-state index in [-0.39, 0.29) is 11.8 Å². The van der Waals surface area contributed by atoms with Gasteiger partial charge in [-0.2, -0.15) is 0 Å². The molecule has 0 aliphatic rings. The third kappa shape index (κ3) is 7.06. The Bertz CT molecular complexity index is 739. The zero-order valence-corrected chi connectivity index (χ0v) is 16.8. The van der Waals surface area contributed by atoms with Gasteiger partial charge in [-0.05, 0) is 61.9 Å². The summed E-state index contributed by atoms with van der Waals surface area (Å²) in [6.45, 7) is 5.36. The van der Waals surface area contributed by atoms with Crippen molar-refractivity contribution in [2.75, 3.05) is 18.5 Å². The van der Waals surface area contributed by atoms with Gasteiger partial charge in [0.1, 0.15) is 5.75 Å². The summed E-state index contributed by atoms with van der Waals surface area (Å²) >= 11 is 0. The van der Waals surface area contributed by atoms with Crippen LogP contribution in [-0.4, -0.2) is 25.0 Å². The van der Waals surface area contributed by atoms with Crippen molar-refractivity contribution >= 4 is 17.5 Å². The molecular weight excluding hydrogens is 352 g/mol. The Kier molecular flexibility index (Phi) is 9.05. The van der Waals surface area contributed by atoms with E-state index in [1.54, 1.807) is 36.4 Å². The Morgan fingerprint density at radius 1 is 0.786 bits per heavy atom. The fourth-order valence-electron chi connectivity index (χ4n) is 2.77. The lowest BCUT2D eigenvalue weighted by atomic mass is 10.1. The Morgan fingerprint density at radius 2 is 1.39 bits per heavy atom. The van der Waals surface area contributed by atoms with E-state index in [1.807, 2.05) is 19.1 Å². The second-order valence-corrected chi connectivity index (χ2v) is 6.68. The number of unbranched alkanes of at least 4 members (excludes halogenated alkanes) is 4. The van der Waals surface area contributed by atoms with Crippen molar-refractivity contribution in [1.29, 1.82) is 0 Å². The highest BCUT2D eigenvalue weighted by Gasteiger charge is 2.08. The van der Waals surface area contributed by atoms with Crippen molar-refractivity contribution in [1.82, 2.24) is 5.32 Å². The number of amides is 2. The molecular formula is C23H30N2O3. The summed E-state index contributed by atoms with van der Waals surface area (Å²) < 4.78 is 5.73. The highest BCUT2D eigenvalue weighted by Crippen LogP contribution is 2.16. The maximum Gasteiger partial charge on any atom is 0.255 e.